The van der Waals surface area contributed by atoms with Gasteiger partial charge in [-0.2, -0.15) is 0 Å². The van der Waals surface area contributed by atoms with E-state index in [0.717, 1.165) is 21.6 Å². The van der Waals surface area contributed by atoms with Crippen LogP contribution in [-0.2, 0) is 11.3 Å². The van der Waals surface area contributed by atoms with Crippen molar-refractivity contribution in [2.24, 2.45) is 5.73 Å². The van der Waals surface area contributed by atoms with Crippen LogP contribution >= 0.6 is 35.0 Å². The highest BCUT2D eigenvalue weighted by Crippen LogP contribution is 2.41. The second-order valence-electron chi connectivity index (χ2n) is 5.14. The molecule has 0 bridgehead atoms. The summed E-state index contributed by atoms with van der Waals surface area (Å²) in [5.41, 5.74) is 8.54. The molecule has 0 fully saturated rings. The Morgan fingerprint density at radius 1 is 1.12 bits per heavy atom. The van der Waals surface area contributed by atoms with E-state index >= 15 is 0 Å². The number of ether oxygens (including phenoxy) is 1. The van der Waals surface area contributed by atoms with Gasteiger partial charge >= 0.3 is 0 Å². The van der Waals surface area contributed by atoms with E-state index in [0.29, 0.717) is 27.4 Å². The van der Waals surface area contributed by atoms with Gasteiger partial charge in [-0.1, -0.05) is 35.0 Å². The van der Waals surface area contributed by atoms with E-state index in [4.69, 9.17) is 33.7 Å². The summed E-state index contributed by atoms with van der Waals surface area (Å²) in [6.07, 6.45) is 3.25. The van der Waals surface area contributed by atoms with Gasteiger partial charge in [-0.25, -0.2) is 9.97 Å². The number of hydrogen-bond acceptors (Lipinski definition) is 6. The fourth-order valence-corrected chi connectivity index (χ4v) is 3.84. The lowest BCUT2D eigenvalue weighted by atomic mass is 10.0. The van der Waals surface area contributed by atoms with Crippen molar-refractivity contribution in [3.05, 3.63) is 64.5 Å². The highest BCUT2D eigenvalue weighted by Gasteiger charge is 2.15. The largest absolute Gasteiger partial charge is 0.426 e. The third-order valence-corrected chi connectivity index (χ3v) is 5.31. The first-order valence-electron chi connectivity index (χ1n) is 7.50. The zero-order valence-electron chi connectivity index (χ0n) is 13.4. The number of rotatable bonds is 6. The molecule has 0 radical (unpaired) electrons. The van der Waals surface area contributed by atoms with Crippen LogP contribution in [0.2, 0.25) is 10.2 Å². The summed E-state index contributed by atoms with van der Waals surface area (Å²) < 4.78 is 4.97. The van der Waals surface area contributed by atoms with Crippen molar-refractivity contribution in [2.75, 3.05) is 0 Å². The van der Waals surface area contributed by atoms with E-state index < -0.39 is 0 Å². The molecule has 3 rings (SSSR count). The van der Waals surface area contributed by atoms with Gasteiger partial charge in [0.2, 0.25) is 0 Å². The Morgan fingerprint density at radius 3 is 2.69 bits per heavy atom. The van der Waals surface area contributed by atoms with Crippen molar-refractivity contribution < 1.29 is 9.53 Å². The maximum absolute atomic E-state index is 10.7. The van der Waals surface area contributed by atoms with Crippen molar-refractivity contribution >= 4 is 41.4 Å². The molecule has 0 spiro atoms. The Hall–Kier alpha value is -2.12. The zero-order valence-corrected chi connectivity index (χ0v) is 15.7. The third-order valence-electron chi connectivity index (χ3n) is 3.51. The first-order valence-corrected chi connectivity index (χ1v) is 9.07. The monoisotopic (exact) mass is 405 g/mol. The summed E-state index contributed by atoms with van der Waals surface area (Å²) in [6.45, 7) is 0.647. The average molecular weight is 406 g/mol. The summed E-state index contributed by atoms with van der Waals surface area (Å²) in [7, 11) is 0. The molecule has 2 heterocycles. The van der Waals surface area contributed by atoms with Gasteiger partial charge in [0.05, 0.1) is 5.02 Å². The van der Waals surface area contributed by atoms with Gasteiger partial charge in [-0.15, -0.1) is 0 Å². The van der Waals surface area contributed by atoms with Crippen LogP contribution in [0, 0.1) is 0 Å². The molecule has 0 unspecified atom stereocenters. The second-order valence-corrected chi connectivity index (χ2v) is 6.93. The summed E-state index contributed by atoms with van der Waals surface area (Å²) in [6, 6.07) is 10.7. The lowest BCUT2D eigenvalue weighted by Crippen LogP contribution is -2.00. The molecular formula is C18H13Cl2N3O2S. The van der Waals surface area contributed by atoms with E-state index in [1.807, 2.05) is 18.2 Å². The lowest BCUT2D eigenvalue weighted by molar-refractivity contribution is -0.120. The number of benzene rings is 1. The van der Waals surface area contributed by atoms with E-state index in [-0.39, 0.29) is 6.54 Å². The summed E-state index contributed by atoms with van der Waals surface area (Å²) in [4.78, 5) is 19.7. The standard InChI is InChI=1S/C18H13Cl2N3O2S/c19-14-7-12(11-3-5-22-16(20)8-11)6-13(9-21)17(14)26-18-15(25-10-24)2-1-4-23-18/h1-8,10H,9,21H2. The predicted molar refractivity (Wildman–Crippen MR) is 103 cm³/mol. The van der Waals surface area contributed by atoms with Gasteiger partial charge in [0, 0.05) is 23.8 Å². The first kappa shape index (κ1) is 18.7. The van der Waals surface area contributed by atoms with Crippen LogP contribution in [0.15, 0.2) is 58.7 Å². The van der Waals surface area contributed by atoms with Crippen molar-refractivity contribution in [1.29, 1.82) is 0 Å². The number of nitrogens with zero attached hydrogens (tertiary/aromatic N) is 2. The quantitative estimate of drug-likeness (QED) is 0.476. The van der Waals surface area contributed by atoms with Crippen LogP contribution in [0.3, 0.4) is 0 Å². The molecule has 0 saturated carbocycles. The normalized spacial score (nSPS) is 10.6. The Labute approximate surface area is 164 Å². The van der Waals surface area contributed by atoms with Crippen LogP contribution in [0.1, 0.15) is 5.56 Å². The molecule has 132 valence electrons. The number of carbonyl (C=O) groups is 1. The van der Waals surface area contributed by atoms with Crippen LogP contribution in [0.5, 0.6) is 5.75 Å². The number of halogens is 2. The second kappa shape index (κ2) is 8.51. The van der Waals surface area contributed by atoms with Crippen molar-refractivity contribution in [3.8, 4) is 16.9 Å². The first-order chi connectivity index (χ1) is 12.6. The van der Waals surface area contributed by atoms with E-state index in [2.05, 4.69) is 9.97 Å². The minimum atomic E-state index is 0.283. The minimum Gasteiger partial charge on any atom is -0.426 e. The molecule has 5 nitrogen and oxygen atoms in total. The highest BCUT2D eigenvalue weighted by molar-refractivity contribution is 7.99. The van der Waals surface area contributed by atoms with E-state index in [1.165, 1.54) is 11.8 Å². The van der Waals surface area contributed by atoms with Gasteiger partial charge in [0.1, 0.15) is 10.2 Å². The predicted octanol–water partition coefficient (Wildman–Crippen LogP) is 4.60. The number of hydrogen-bond donors (Lipinski definition) is 1. The van der Waals surface area contributed by atoms with Crippen molar-refractivity contribution in [2.45, 2.75) is 16.5 Å². The molecule has 0 amide bonds. The number of nitrogens with two attached hydrogens (primary N) is 1. The fraction of sp³-hybridized carbons (Fsp3) is 0.0556. The molecule has 0 atom stereocenters. The number of pyridine rings is 2. The molecule has 2 aromatic heterocycles. The maximum Gasteiger partial charge on any atom is 0.298 e. The van der Waals surface area contributed by atoms with E-state index in [1.54, 1.807) is 30.6 Å². The smallest absolute Gasteiger partial charge is 0.298 e. The summed E-state index contributed by atoms with van der Waals surface area (Å²) in [5, 5.41) is 1.44. The van der Waals surface area contributed by atoms with Crippen molar-refractivity contribution in [1.82, 2.24) is 9.97 Å². The zero-order chi connectivity index (χ0) is 18.5. The van der Waals surface area contributed by atoms with Gasteiger partial charge in [-0.05, 0) is 53.1 Å². The highest BCUT2D eigenvalue weighted by atomic mass is 35.5. The molecule has 1 aromatic carbocycles. The molecule has 0 aliphatic rings. The third kappa shape index (κ3) is 4.16. The molecule has 0 aliphatic heterocycles. The number of carbonyl (C=O) groups excluding carboxylic acids is 1. The van der Waals surface area contributed by atoms with Crippen LogP contribution in [0.25, 0.3) is 11.1 Å². The number of aromatic nitrogens is 2. The molecule has 3 aromatic rings. The molecular weight excluding hydrogens is 393 g/mol. The molecule has 0 aliphatic carbocycles. The summed E-state index contributed by atoms with van der Waals surface area (Å²) >= 11 is 13.8. The average Bonchev–Trinajstić information content (AvgIpc) is 2.64. The maximum atomic E-state index is 10.7. The lowest BCUT2D eigenvalue weighted by Gasteiger charge is -2.13. The molecule has 26 heavy (non-hydrogen) atoms. The van der Waals surface area contributed by atoms with Crippen LogP contribution in [-0.4, -0.2) is 16.4 Å². The molecule has 0 saturated heterocycles. The SMILES string of the molecule is NCc1cc(-c2ccnc(Cl)c2)cc(Cl)c1Sc1ncccc1OC=O. The van der Waals surface area contributed by atoms with Gasteiger partial charge in [-0.3, -0.25) is 4.79 Å². The van der Waals surface area contributed by atoms with E-state index in [9.17, 15) is 4.79 Å². The van der Waals surface area contributed by atoms with Crippen LogP contribution in [0.4, 0.5) is 0 Å². The fourth-order valence-electron chi connectivity index (χ4n) is 2.36. The van der Waals surface area contributed by atoms with Gasteiger partial charge in [0.15, 0.2) is 5.75 Å². The van der Waals surface area contributed by atoms with Gasteiger partial charge < -0.3 is 10.5 Å². The summed E-state index contributed by atoms with van der Waals surface area (Å²) in [5.74, 6) is 0.358. The van der Waals surface area contributed by atoms with Gasteiger partial charge in [0.25, 0.3) is 6.47 Å². The van der Waals surface area contributed by atoms with Crippen molar-refractivity contribution in [3.63, 3.8) is 0 Å². The Morgan fingerprint density at radius 2 is 1.96 bits per heavy atom. The van der Waals surface area contributed by atoms with Crippen LogP contribution < -0.4 is 10.5 Å². The minimum absolute atomic E-state index is 0.283. The Kier molecular flexibility index (Phi) is 6.11. The Balaban J connectivity index is 2.02. The topological polar surface area (TPSA) is 78.1 Å². The Bertz CT molecular complexity index is 953. The molecule has 2 N–H and O–H groups in total. The molecule has 8 heteroatoms.